The van der Waals surface area contributed by atoms with Crippen molar-refractivity contribution in [3.63, 3.8) is 0 Å². The number of carboxylic acid groups (broad SMARTS) is 1. The minimum atomic E-state index is -3.95. The molecule has 1 aliphatic heterocycles. The van der Waals surface area contributed by atoms with Crippen LogP contribution in [0.4, 0.5) is 10.5 Å². The number of carbonyl (C=O) groups is 2. The van der Waals surface area contributed by atoms with Gasteiger partial charge in [-0.05, 0) is 57.4 Å². The fourth-order valence-corrected chi connectivity index (χ4v) is 6.01. The average molecular weight is 537 g/mol. The molecule has 1 amide bonds. The van der Waals surface area contributed by atoms with Gasteiger partial charge in [-0.1, -0.05) is 48.7 Å². The number of ether oxygens (including phenoxy) is 1. The van der Waals surface area contributed by atoms with Crippen molar-refractivity contribution in [1.82, 2.24) is 4.90 Å². The second kappa shape index (κ2) is 11.1. The van der Waals surface area contributed by atoms with Crippen LogP contribution >= 0.6 is 11.6 Å². The van der Waals surface area contributed by atoms with Crippen molar-refractivity contribution in [3.05, 3.63) is 58.6 Å². The molecule has 0 radical (unpaired) electrons. The molecule has 36 heavy (non-hydrogen) atoms. The summed E-state index contributed by atoms with van der Waals surface area (Å²) in [4.78, 5) is 26.0. The number of anilines is 1. The number of nitrogens with zero attached hydrogens (tertiary/aromatic N) is 2. The van der Waals surface area contributed by atoms with Gasteiger partial charge in [-0.25, -0.2) is 13.2 Å². The van der Waals surface area contributed by atoms with Crippen LogP contribution in [0, 0.1) is 0 Å². The topological polar surface area (TPSA) is 104 Å². The molecule has 0 fully saturated rings. The molecule has 1 unspecified atom stereocenters. The molecule has 10 heteroatoms. The van der Waals surface area contributed by atoms with Gasteiger partial charge in [-0.15, -0.1) is 0 Å². The molecule has 1 N–H and O–H groups in total. The van der Waals surface area contributed by atoms with Crippen LogP contribution in [0.1, 0.15) is 70.0 Å². The van der Waals surface area contributed by atoms with Crippen molar-refractivity contribution in [2.24, 2.45) is 0 Å². The maximum absolute atomic E-state index is 13.6. The highest BCUT2D eigenvalue weighted by atomic mass is 35.5. The number of amides is 1. The molecule has 0 spiro atoms. The number of rotatable bonds is 8. The summed E-state index contributed by atoms with van der Waals surface area (Å²) in [6, 6.07) is 11.1. The van der Waals surface area contributed by atoms with Gasteiger partial charge in [-0.2, -0.15) is 0 Å². The first-order chi connectivity index (χ1) is 16.8. The van der Waals surface area contributed by atoms with Gasteiger partial charge in [0.2, 0.25) is 0 Å². The number of sulfonamides is 1. The predicted octanol–water partition coefficient (Wildman–Crippen LogP) is 5.84. The van der Waals surface area contributed by atoms with Gasteiger partial charge < -0.3 is 9.84 Å². The van der Waals surface area contributed by atoms with E-state index in [9.17, 15) is 18.0 Å². The van der Waals surface area contributed by atoms with Gasteiger partial charge >= 0.3 is 12.1 Å². The monoisotopic (exact) mass is 536 g/mol. The van der Waals surface area contributed by atoms with E-state index in [0.29, 0.717) is 49.0 Å². The number of carboxylic acids is 1. The van der Waals surface area contributed by atoms with Crippen LogP contribution in [0.5, 0.6) is 0 Å². The maximum atomic E-state index is 13.6. The summed E-state index contributed by atoms with van der Waals surface area (Å²) >= 11 is 6.22. The second-order valence-corrected chi connectivity index (χ2v) is 12.2. The Morgan fingerprint density at radius 1 is 1.06 bits per heavy atom. The summed E-state index contributed by atoms with van der Waals surface area (Å²) in [5, 5.41) is 9.15. The van der Waals surface area contributed by atoms with Crippen LogP contribution in [0.25, 0.3) is 0 Å². The number of halogens is 1. The highest BCUT2D eigenvalue weighted by molar-refractivity contribution is 7.92. The summed E-state index contributed by atoms with van der Waals surface area (Å²) in [6.45, 7) is 5.64. The van der Waals surface area contributed by atoms with Crippen LogP contribution in [0.15, 0.2) is 47.4 Å². The molecule has 0 aromatic heterocycles. The minimum absolute atomic E-state index is 0.0358. The van der Waals surface area contributed by atoms with E-state index in [2.05, 4.69) is 0 Å². The Hall–Kier alpha value is -2.78. The van der Waals surface area contributed by atoms with Gasteiger partial charge in [0.25, 0.3) is 10.0 Å². The highest BCUT2D eigenvalue weighted by Gasteiger charge is 2.40. The number of para-hydroxylation sites is 1. The molecule has 8 nitrogen and oxygen atoms in total. The molecule has 0 aliphatic carbocycles. The zero-order valence-electron chi connectivity index (χ0n) is 21.0. The van der Waals surface area contributed by atoms with Crippen LogP contribution in [-0.4, -0.2) is 49.7 Å². The number of hydrogen-bond donors (Lipinski definition) is 1. The first kappa shape index (κ1) is 27.8. The molecule has 0 saturated heterocycles. The second-order valence-electron chi connectivity index (χ2n) is 9.85. The number of benzene rings is 2. The standard InChI is InChI=1S/C26H33ClN2O6S/c1-26(2,3)35-25(32)29(16-10-6-5-7-13-23(30)31)24-19-11-8-9-12-21(19)28(4)36(33,34)22-17-18(27)14-15-20(22)24/h8-9,11-12,14-15,17,24H,5-7,10,13,16H2,1-4H3,(H,30,31). The smallest absolute Gasteiger partial charge is 0.411 e. The molecule has 2 aromatic rings. The average Bonchev–Trinajstić information content (AvgIpc) is 2.85. The Bertz CT molecular complexity index is 1230. The van der Waals surface area contributed by atoms with Crippen molar-refractivity contribution in [2.45, 2.75) is 69.4 Å². The van der Waals surface area contributed by atoms with Crippen LogP contribution in [0.2, 0.25) is 5.02 Å². The van der Waals surface area contributed by atoms with E-state index in [4.69, 9.17) is 21.4 Å². The van der Waals surface area contributed by atoms with E-state index in [1.807, 2.05) is 12.1 Å². The molecular formula is C26H33ClN2O6S. The Balaban J connectivity index is 2.09. The molecule has 2 aromatic carbocycles. The maximum Gasteiger partial charge on any atom is 0.411 e. The van der Waals surface area contributed by atoms with Crippen LogP contribution in [-0.2, 0) is 19.6 Å². The summed E-state index contributed by atoms with van der Waals surface area (Å²) in [5.74, 6) is -0.832. The lowest BCUT2D eigenvalue weighted by molar-refractivity contribution is -0.137. The quantitative estimate of drug-likeness (QED) is 0.425. The van der Waals surface area contributed by atoms with Gasteiger partial charge in [-0.3, -0.25) is 14.0 Å². The Morgan fingerprint density at radius 3 is 2.39 bits per heavy atom. The first-order valence-electron chi connectivity index (χ1n) is 11.9. The molecule has 1 heterocycles. The van der Waals surface area contributed by atoms with E-state index in [1.54, 1.807) is 49.9 Å². The van der Waals surface area contributed by atoms with E-state index in [-0.39, 0.29) is 16.3 Å². The normalized spacial score (nSPS) is 16.5. The SMILES string of the molecule is CN1c2ccccc2C(N(CCCCCCC(=O)O)C(=O)OC(C)(C)C)c2ccc(Cl)cc2S1(=O)=O. The van der Waals surface area contributed by atoms with Gasteiger partial charge in [0.15, 0.2) is 0 Å². The van der Waals surface area contributed by atoms with Crippen LogP contribution in [0.3, 0.4) is 0 Å². The Labute approximate surface area is 217 Å². The highest BCUT2D eigenvalue weighted by Crippen LogP contribution is 2.44. The van der Waals surface area contributed by atoms with E-state index >= 15 is 0 Å². The van der Waals surface area contributed by atoms with Gasteiger partial charge in [0.05, 0.1) is 16.6 Å². The third-order valence-corrected chi connectivity index (χ3v) is 8.02. The lowest BCUT2D eigenvalue weighted by Gasteiger charge is -2.34. The van der Waals surface area contributed by atoms with E-state index in [0.717, 1.165) is 0 Å². The summed E-state index contributed by atoms with van der Waals surface area (Å²) in [7, 11) is -2.46. The zero-order chi connectivity index (χ0) is 26.7. The number of carbonyl (C=O) groups excluding carboxylic acids is 1. The first-order valence-corrected chi connectivity index (χ1v) is 13.7. The van der Waals surface area contributed by atoms with Crippen molar-refractivity contribution in [1.29, 1.82) is 0 Å². The van der Waals surface area contributed by atoms with Crippen molar-refractivity contribution in [3.8, 4) is 0 Å². The van der Waals surface area contributed by atoms with Crippen molar-refractivity contribution < 1.29 is 27.9 Å². The summed E-state index contributed by atoms with van der Waals surface area (Å²) in [6.07, 6.45) is 2.12. The molecular weight excluding hydrogens is 504 g/mol. The van der Waals surface area contributed by atoms with E-state index < -0.39 is 33.7 Å². The summed E-state index contributed by atoms with van der Waals surface area (Å²) in [5.41, 5.74) is 0.798. The number of aliphatic carboxylic acids is 1. The number of unbranched alkanes of at least 4 members (excludes halogenated alkanes) is 3. The fourth-order valence-electron chi connectivity index (χ4n) is 4.30. The lowest BCUT2D eigenvalue weighted by atomic mass is 9.95. The molecule has 3 rings (SSSR count). The fraction of sp³-hybridized carbons (Fsp3) is 0.462. The Morgan fingerprint density at radius 2 is 1.72 bits per heavy atom. The Kier molecular flexibility index (Phi) is 8.56. The third kappa shape index (κ3) is 6.31. The van der Waals surface area contributed by atoms with E-state index in [1.165, 1.54) is 17.4 Å². The van der Waals surface area contributed by atoms with Crippen molar-refractivity contribution in [2.75, 3.05) is 17.9 Å². The minimum Gasteiger partial charge on any atom is -0.481 e. The molecule has 0 bridgehead atoms. The summed E-state index contributed by atoms with van der Waals surface area (Å²) < 4.78 is 34.1. The molecule has 1 atom stereocenters. The molecule has 1 aliphatic rings. The number of fused-ring (bicyclic) bond motifs is 2. The molecule has 0 saturated carbocycles. The van der Waals surface area contributed by atoms with Crippen LogP contribution < -0.4 is 4.31 Å². The zero-order valence-corrected chi connectivity index (χ0v) is 22.6. The number of hydrogen-bond acceptors (Lipinski definition) is 5. The molecule has 196 valence electrons. The lowest BCUT2D eigenvalue weighted by Crippen LogP contribution is -2.40. The third-order valence-electron chi connectivity index (χ3n) is 5.96. The predicted molar refractivity (Wildman–Crippen MR) is 139 cm³/mol. The van der Waals surface area contributed by atoms with Gasteiger partial charge in [0.1, 0.15) is 5.60 Å². The largest absolute Gasteiger partial charge is 0.481 e. The van der Waals surface area contributed by atoms with Gasteiger partial charge in [0, 0.05) is 30.6 Å². The van der Waals surface area contributed by atoms with Crippen molar-refractivity contribution >= 4 is 39.4 Å².